The normalized spacial score (nSPS) is 11.1. The summed E-state index contributed by atoms with van der Waals surface area (Å²) >= 11 is 11.7. The number of halogens is 3. The number of rotatable bonds is 5. The van der Waals surface area contributed by atoms with Gasteiger partial charge in [0.25, 0.3) is 0 Å². The van der Waals surface area contributed by atoms with Crippen LogP contribution in [0.15, 0.2) is 28.9 Å². The molecule has 0 aliphatic carbocycles. The average molecular weight is 483 g/mol. The third-order valence-electron chi connectivity index (χ3n) is 2.94. The molecule has 0 spiro atoms. The molecule has 0 radical (unpaired) electrons. The largest absolute Gasteiger partial charge is 0.308 e. The van der Waals surface area contributed by atoms with Crippen LogP contribution in [0.4, 0.5) is 0 Å². The molecule has 0 amide bonds. The van der Waals surface area contributed by atoms with Gasteiger partial charge in [0.1, 0.15) is 5.69 Å². The molecule has 0 aliphatic heterocycles. The van der Waals surface area contributed by atoms with E-state index in [4.69, 9.17) is 11.6 Å². The summed E-state index contributed by atoms with van der Waals surface area (Å²) in [6.45, 7) is 1.40. The predicted octanol–water partition coefficient (Wildman–Crippen LogP) is 3.70. The Balaban J connectivity index is 2.39. The minimum Gasteiger partial charge on any atom is -0.308 e. The van der Waals surface area contributed by atoms with E-state index < -0.39 is 0 Å². The summed E-state index contributed by atoms with van der Waals surface area (Å²) in [5, 5.41) is 4.59. The van der Waals surface area contributed by atoms with Crippen LogP contribution in [0.5, 0.6) is 0 Å². The number of benzene rings is 1. The summed E-state index contributed by atoms with van der Waals surface area (Å²) in [6.07, 6.45) is 1.52. The zero-order valence-electron chi connectivity index (χ0n) is 11.6. The number of likely N-dealkylation sites (N-methyl/N-ethyl adjacent to an activating group) is 1. The van der Waals surface area contributed by atoms with Crippen molar-refractivity contribution in [1.82, 2.24) is 14.7 Å². The first kappa shape index (κ1) is 16.9. The maximum Gasteiger partial charge on any atom is 0.213 e. The molecule has 0 saturated heterocycles. The highest BCUT2D eigenvalue weighted by Gasteiger charge is 2.21. The van der Waals surface area contributed by atoms with E-state index in [2.05, 4.69) is 43.6 Å². The van der Waals surface area contributed by atoms with E-state index in [9.17, 15) is 4.79 Å². The Bertz CT molecular complexity index is 672. The maximum atomic E-state index is 12.8. The van der Waals surface area contributed by atoms with Crippen LogP contribution in [0.25, 0.3) is 0 Å². The zero-order valence-corrected chi connectivity index (χ0v) is 16.1. The van der Waals surface area contributed by atoms with Gasteiger partial charge < -0.3 is 4.90 Å². The van der Waals surface area contributed by atoms with Gasteiger partial charge in [-0.15, -0.1) is 0 Å². The maximum absolute atomic E-state index is 12.8. The van der Waals surface area contributed by atoms with Crippen molar-refractivity contribution in [3.05, 3.63) is 48.7 Å². The van der Waals surface area contributed by atoms with Crippen LogP contribution in [-0.4, -0.2) is 41.1 Å². The minimum atomic E-state index is -0.109. The first-order valence-corrected chi connectivity index (χ1v) is 8.51. The van der Waals surface area contributed by atoms with E-state index in [-0.39, 0.29) is 5.78 Å². The molecule has 0 aliphatic rings. The average Bonchev–Trinajstić information content (AvgIpc) is 2.79. The van der Waals surface area contributed by atoms with Crippen LogP contribution < -0.4 is 0 Å². The molecule has 0 fully saturated rings. The van der Waals surface area contributed by atoms with Crippen LogP contribution >= 0.6 is 50.1 Å². The van der Waals surface area contributed by atoms with Crippen LogP contribution in [0.1, 0.15) is 16.1 Å². The third-order valence-corrected chi connectivity index (χ3v) is 4.65. The second-order valence-electron chi connectivity index (χ2n) is 4.82. The molecule has 2 rings (SSSR count). The van der Waals surface area contributed by atoms with Crippen molar-refractivity contribution in [2.75, 3.05) is 20.6 Å². The molecule has 0 atom stereocenters. The van der Waals surface area contributed by atoms with Gasteiger partial charge in [0.2, 0.25) is 5.78 Å². The number of nitrogens with zero attached hydrogens (tertiary/aromatic N) is 3. The van der Waals surface area contributed by atoms with Crippen LogP contribution in [0.2, 0.25) is 5.02 Å². The van der Waals surface area contributed by atoms with E-state index in [0.717, 1.165) is 14.6 Å². The van der Waals surface area contributed by atoms with Crippen molar-refractivity contribution in [3.8, 4) is 0 Å². The van der Waals surface area contributed by atoms with Gasteiger partial charge in [-0.05, 0) is 54.9 Å². The van der Waals surface area contributed by atoms with Gasteiger partial charge in [-0.1, -0.05) is 27.5 Å². The van der Waals surface area contributed by atoms with Crippen molar-refractivity contribution >= 4 is 55.9 Å². The minimum absolute atomic E-state index is 0.109. The predicted molar refractivity (Wildman–Crippen MR) is 96.1 cm³/mol. The van der Waals surface area contributed by atoms with Gasteiger partial charge in [-0.25, -0.2) is 0 Å². The number of carbonyl (C=O) groups excluding carboxylic acids is 1. The molecule has 112 valence electrons. The second kappa shape index (κ2) is 7.21. The SMILES string of the molecule is CN(C)CCn1ncc(Cl)c1C(=O)c1cc(Br)ccc1I. The number of carbonyl (C=O) groups is 1. The smallest absolute Gasteiger partial charge is 0.213 e. The molecule has 7 heteroatoms. The van der Waals surface area contributed by atoms with E-state index in [0.29, 0.717) is 22.8 Å². The monoisotopic (exact) mass is 481 g/mol. The highest BCUT2D eigenvalue weighted by molar-refractivity contribution is 14.1. The number of aromatic nitrogens is 2. The molecule has 1 aromatic heterocycles. The van der Waals surface area contributed by atoms with E-state index >= 15 is 0 Å². The Morgan fingerprint density at radius 3 is 2.86 bits per heavy atom. The van der Waals surface area contributed by atoms with Gasteiger partial charge in [-0.2, -0.15) is 5.10 Å². The molecule has 21 heavy (non-hydrogen) atoms. The first-order valence-electron chi connectivity index (χ1n) is 6.26. The van der Waals surface area contributed by atoms with Crippen LogP contribution in [0, 0.1) is 3.57 Å². The zero-order chi connectivity index (χ0) is 15.6. The topological polar surface area (TPSA) is 38.1 Å². The fourth-order valence-electron chi connectivity index (χ4n) is 1.85. The van der Waals surface area contributed by atoms with Gasteiger partial charge in [-0.3, -0.25) is 9.48 Å². The quantitative estimate of drug-likeness (QED) is 0.482. The third kappa shape index (κ3) is 4.06. The summed E-state index contributed by atoms with van der Waals surface area (Å²) in [5.41, 5.74) is 1.06. The molecule has 1 aromatic carbocycles. The molecule has 0 saturated carbocycles. The van der Waals surface area contributed by atoms with Crippen molar-refractivity contribution in [3.63, 3.8) is 0 Å². The molecule has 1 heterocycles. The van der Waals surface area contributed by atoms with Gasteiger partial charge >= 0.3 is 0 Å². The Kier molecular flexibility index (Phi) is 5.81. The van der Waals surface area contributed by atoms with Crippen molar-refractivity contribution in [2.45, 2.75) is 6.54 Å². The van der Waals surface area contributed by atoms with E-state index in [1.165, 1.54) is 6.20 Å². The molecule has 4 nitrogen and oxygen atoms in total. The highest BCUT2D eigenvalue weighted by Crippen LogP contribution is 2.24. The van der Waals surface area contributed by atoms with Gasteiger partial charge in [0.05, 0.1) is 17.8 Å². The molecule has 0 N–H and O–H groups in total. The fourth-order valence-corrected chi connectivity index (χ4v) is 3.02. The number of ketones is 1. The van der Waals surface area contributed by atoms with Gasteiger partial charge in [0.15, 0.2) is 0 Å². The van der Waals surface area contributed by atoms with E-state index in [1.54, 1.807) is 4.68 Å². The highest BCUT2D eigenvalue weighted by atomic mass is 127. The summed E-state index contributed by atoms with van der Waals surface area (Å²) < 4.78 is 3.42. The summed E-state index contributed by atoms with van der Waals surface area (Å²) in [4.78, 5) is 14.8. The Morgan fingerprint density at radius 1 is 1.48 bits per heavy atom. The molecule has 0 bridgehead atoms. The lowest BCUT2D eigenvalue weighted by Gasteiger charge is -2.12. The number of hydrogen-bond donors (Lipinski definition) is 0. The summed E-state index contributed by atoms with van der Waals surface area (Å²) in [5.74, 6) is -0.109. The summed E-state index contributed by atoms with van der Waals surface area (Å²) in [6, 6.07) is 5.61. The van der Waals surface area contributed by atoms with Crippen LogP contribution in [-0.2, 0) is 6.54 Å². The van der Waals surface area contributed by atoms with Gasteiger partial charge in [0, 0.05) is 20.2 Å². The molecule has 2 aromatic rings. The van der Waals surface area contributed by atoms with Crippen molar-refractivity contribution in [1.29, 1.82) is 0 Å². The summed E-state index contributed by atoms with van der Waals surface area (Å²) in [7, 11) is 3.95. The number of hydrogen-bond acceptors (Lipinski definition) is 3. The molecular formula is C14H14BrClIN3O. The van der Waals surface area contributed by atoms with Crippen molar-refractivity contribution in [2.24, 2.45) is 0 Å². The molecule has 0 unspecified atom stereocenters. The van der Waals surface area contributed by atoms with Crippen molar-refractivity contribution < 1.29 is 4.79 Å². The Labute approximate surface area is 150 Å². The lowest BCUT2D eigenvalue weighted by Crippen LogP contribution is -2.22. The first-order chi connectivity index (χ1) is 9.90. The van der Waals surface area contributed by atoms with Crippen LogP contribution in [0.3, 0.4) is 0 Å². The lowest BCUT2D eigenvalue weighted by molar-refractivity contribution is 0.102. The molecular weight excluding hydrogens is 468 g/mol. The standard InChI is InChI=1S/C14H14BrClIN3O/c1-19(2)5-6-20-13(11(16)8-18-20)14(21)10-7-9(15)3-4-12(10)17/h3-4,7-8H,5-6H2,1-2H3. The van der Waals surface area contributed by atoms with E-state index in [1.807, 2.05) is 37.2 Å². The Morgan fingerprint density at radius 2 is 2.19 bits per heavy atom. The fraction of sp³-hybridized carbons (Fsp3) is 0.286. The second-order valence-corrected chi connectivity index (χ2v) is 7.31. The Hall–Kier alpha value is -0.440. The lowest BCUT2D eigenvalue weighted by atomic mass is 10.1.